The summed E-state index contributed by atoms with van der Waals surface area (Å²) < 4.78 is 5.08. The van der Waals surface area contributed by atoms with Gasteiger partial charge >= 0.3 is 0 Å². The van der Waals surface area contributed by atoms with Gasteiger partial charge in [-0.25, -0.2) is 4.98 Å². The molecule has 1 aliphatic heterocycles. The molecule has 1 atom stereocenters. The van der Waals surface area contributed by atoms with E-state index < -0.39 is 0 Å². The summed E-state index contributed by atoms with van der Waals surface area (Å²) in [6, 6.07) is 0. The third-order valence-corrected chi connectivity index (χ3v) is 3.66. The minimum Gasteiger partial charge on any atom is -0.335 e. The molecule has 3 heterocycles. The lowest BCUT2D eigenvalue weighted by Gasteiger charge is -2.15. The molecule has 1 aliphatic rings. The zero-order valence-electron chi connectivity index (χ0n) is 9.83. The summed E-state index contributed by atoms with van der Waals surface area (Å²) in [7, 11) is 0. The number of nitrogens with zero attached hydrogens (tertiary/aromatic N) is 4. The van der Waals surface area contributed by atoms with Crippen molar-refractivity contribution in [3.8, 4) is 0 Å². The average Bonchev–Trinajstić information content (AvgIpc) is 2.93. The van der Waals surface area contributed by atoms with Crippen molar-refractivity contribution in [3.05, 3.63) is 12.0 Å². The second-order valence-corrected chi connectivity index (χ2v) is 4.77. The van der Waals surface area contributed by atoms with Crippen molar-refractivity contribution >= 4 is 35.5 Å². The van der Waals surface area contributed by atoms with E-state index in [2.05, 4.69) is 27.8 Å². The van der Waals surface area contributed by atoms with E-state index in [1.807, 2.05) is 6.92 Å². The van der Waals surface area contributed by atoms with Gasteiger partial charge in [-0.15, -0.1) is 0 Å². The summed E-state index contributed by atoms with van der Waals surface area (Å²) in [5.74, 6) is 1.62. The predicted molar refractivity (Wildman–Crippen MR) is 68.6 cm³/mol. The molecule has 94 valence electrons. The molecular formula is C11H12N4O2S. The van der Waals surface area contributed by atoms with Crippen LogP contribution in [0, 0.1) is 12.8 Å². The van der Waals surface area contributed by atoms with Crippen LogP contribution in [0.4, 0.5) is 5.82 Å². The van der Waals surface area contributed by atoms with Gasteiger partial charge in [-0.2, -0.15) is 17.6 Å². The number of aryl methyl sites for hydroxylation is 1. The Morgan fingerprint density at radius 3 is 3.11 bits per heavy atom. The standard InChI is InChI=1S/C11H12N4O2S/c1-6-9-10(12-5-13-11(9)17-14-6)15-3-7(4-18)2-8(15)16/h5,7,18H,2-4H2,1H3. The van der Waals surface area contributed by atoms with Crippen LogP contribution in [-0.2, 0) is 4.79 Å². The number of rotatable bonds is 2. The summed E-state index contributed by atoms with van der Waals surface area (Å²) >= 11 is 4.25. The third kappa shape index (κ3) is 1.66. The number of thiol groups is 1. The summed E-state index contributed by atoms with van der Waals surface area (Å²) in [5, 5.41) is 4.58. The van der Waals surface area contributed by atoms with E-state index in [4.69, 9.17) is 4.52 Å². The normalized spacial score (nSPS) is 20.0. The highest BCUT2D eigenvalue weighted by molar-refractivity contribution is 7.80. The molecule has 0 saturated carbocycles. The van der Waals surface area contributed by atoms with Gasteiger partial charge < -0.3 is 4.52 Å². The first kappa shape index (κ1) is 11.5. The summed E-state index contributed by atoms with van der Waals surface area (Å²) in [6.07, 6.45) is 1.91. The monoisotopic (exact) mass is 264 g/mol. The molecule has 7 heteroatoms. The van der Waals surface area contributed by atoms with Crippen LogP contribution < -0.4 is 4.90 Å². The Hall–Kier alpha value is -1.63. The Morgan fingerprint density at radius 2 is 2.39 bits per heavy atom. The van der Waals surface area contributed by atoms with Crippen molar-refractivity contribution in [1.82, 2.24) is 15.1 Å². The van der Waals surface area contributed by atoms with Gasteiger partial charge in [0.25, 0.3) is 5.71 Å². The largest absolute Gasteiger partial charge is 0.335 e. The molecule has 1 fully saturated rings. The first-order valence-electron chi connectivity index (χ1n) is 5.69. The molecule has 0 N–H and O–H groups in total. The van der Waals surface area contributed by atoms with Crippen LogP contribution >= 0.6 is 12.6 Å². The van der Waals surface area contributed by atoms with Crippen LogP contribution in [0.2, 0.25) is 0 Å². The highest BCUT2D eigenvalue weighted by Gasteiger charge is 2.32. The van der Waals surface area contributed by atoms with Crippen molar-refractivity contribution in [2.75, 3.05) is 17.2 Å². The molecular weight excluding hydrogens is 252 g/mol. The van der Waals surface area contributed by atoms with E-state index in [1.54, 1.807) is 4.90 Å². The highest BCUT2D eigenvalue weighted by atomic mass is 32.1. The van der Waals surface area contributed by atoms with Crippen molar-refractivity contribution in [2.45, 2.75) is 13.3 Å². The van der Waals surface area contributed by atoms with E-state index in [0.717, 1.165) is 0 Å². The van der Waals surface area contributed by atoms with Crippen LogP contribution in [0.5, 0.6) is 0 Å². The molecule has 1 unspecified atom stereocenters. The average molecular weight is 264 g/mol. The van der Waals surface area contributed by atoms with E-state index in [0.29, 0.717) is 41.3 Å². The van der Waals surface area contributed by atoms with Gasteiger partial charge in [-0.05, 0) is 18.6 Å². The lowest BCUT2D eigenvalue weighted by molar-refractivity contribution is -0.117. The lowest BCUT2D eigenvalue weighted by Crippen LogP contribution is -2.26. The first-order chi connectivity index (χ1) is 8.70. The first-order valence-corrected chi connectivity index (χ1v) is 6.32. The molecule has 0 spiro atoms. The van der Waals surface area contributed by atoms with Crippen molar-refractivity contribution in [3.63, 3.8) is 0 Å². The fourth-order valence-corrected chi connectivity index (χ4v) is 2.46. The Morgan fingerprint density at radius 1 is 1.56 bits per heavy atom. The van der Waals surface area contributed by atoms with Gasteiger partial charge in [0.15, 0.2) is 5.82 Å². The van der Waals surface area contributed by atoms with Gasteiger partial charge in [0.2, 0.25) is 5.91 Å². The minimum absolute atomic E-state index is 0.0645. The number of amides is 1. The van der Waals surface area contributed by atoms with Crippen LogP contribution in [0.15, 0.2) is 10.9 Å². The summed E-state index contributed by atoms with van der Waals surface area (Å²) in [6.45, 7) is 2.45. The second kappa shape index (κ2) is 4.24. The molecule has 3 rings (SSSR count). The number of hydrogen-bond donors (Lipinski definition) is 1. The number of aromatic nitrogens is 3. The Balaban J connectivity index is 2.09. The SMILES string of the molecule is Cc1noc2ncnc(N3CC(CS)CC3=O)c12. The maximum absolute atomic E-state index is 12.0. The molecule has 0 radical (unpaired) electrons. The summed E-state index contributed by atoms with van der Waals surface area (Å²) in [5.41, 5.74) is 1.11. The third-order valence-electron chi connectivity index (χ3n) is 3.14. The molecule has 0 aromatic carbocycles. The van der Waals surface area contributed by atoms with Crippen LogP contribution in [-0.4, -0.2) is 33.3 Å². The van der Waals surface area contributed by atoms with Crippen molar-refractivity contribution in [1.29, 1.82) is 0 Å². The molecule has 2 aromatic heterocycles. The number of anilines is 1. The predicted octanol–water partition coefficient (Wildman–Crippen LogP) is 1.21. The molecule has 18 heavy (non-hydrogen) atoms. The zero-order valence-corrected chi connectivity index (χ0v) is 10.7. The fourth-order valence-electron chi connectivity index (χ4n) is 2.22. The molecule has 0 bridgehead atoms. The maximum Gasteiger partial charge on any atom is 0.263 e. The highest BCUT2D eigenvalue weighted by Crippen LogP contribution is 2.30. The number of hydrogen-bond acceptors (Lipinski definition) is 6. The zero-order chi connectivity index (χ0) is 12.7. The Kier molecular flexibility index (Phi) is 2.70. The van der Waals surface area contributed by atoms with Gasteiger partial charge in [0.05, 0.1) is 5.69 Å². The second-order valence-electron chi connectivity index (χ2n) is 4.40. The smallest absolute Gasteiger partial charge is 0.263 e. The molecule has 1 saturated heterocycles. The van der Waals surface area contributed by atoms with Crippen LogP contribution in [0.25, 0.3) is 11.1 Å². The fraction of sp³-hybridized carbons (Fsp3) is 0.455. The number of fused-ring (bicyclic) bond motifs is 1. The maximum atomic E-state index is 12.0. The Bertz CT molecular complexity index is 612. The summed E-state index contributed by atoms with van der Waals surface area (Å²) in [4.78, 5) is 21.9. The van der Waals surface area contributed by atoms with E-state index in [1.165, 1.54) is 6.33 Å². The van der Waals surface area contributed by atoms with Crippen molar-refractivity contribution in [2.24, 2.45) is 5.92 Å². The van der Waals surface area contributed by atoms with Gasteiger partial charge in [0, 0.05) is 13.0 Å². The van der Waals surface area contributed by atoms with Crippen LogP contribution in [0.1, 0.15) is 12.1 Å². The number of carbonyl (C=O) groups is 1. The molecule has 6 nitrogen and oxygen atoms in total. The topological polar surface area (TPSA) is 72.1 Å². The van der Waals surface area contributed by atoms with E-state index in [9.17, 15) is 4.79 Å². The van der Waals surface area contributed by atoms with Crippen molar-refractivity contribution < 1.29 is 9.32 Å². The van der Waals surface area contributed by atoms with Gasteiger partial charge in [-0.3, -0.25) is 9.69 Å². The molecule has 0 aliphatic carbocycles. The van der Waals surface area contributed by atoms with Crippen LogP contribution in [0.3, 0.4) is 0 Å². The quantitative estimate of drug-likeness (QED) is 0.825. The number of carbonyl (C=O) groups excluding carboxylic acids is 1. The van der Waals surface area contributed by atoms with Gasteiger partial charge in [0.1, 0.15) is 11.7 Å². The van der Waals surface area contributed by atoms with E-state index >= 15 is 0 Å². The van der Waals surface area contributed by atoms with E-state index in [-0.39, 0.29) is 11.8 Å². The molecule has 2 aromatic rings. The molecule has 1 amide bonds. The Labute approximate surface area is 109 Å². The lowest BCUT2D eigenvalue weighted by atomic mass is 10.1. The minimum atomic E-state index is 0.0645. The van der Waals surface area contributed by atoms with Gasteiger partial charge in [-0.1, -0.05) is 5.16 Å².